The molecule has 0 bridgehead atoms. The Hall–Kier alpha value is -0.910. The smallest absolute Gasteiger partial charge is 0.0900 e. The number of aromatic nitrogens is 3. The number of hydrogen-bond donors (Lipinski definition) is 1. The Morgan fingerprint density at radius 3 is 2.67 bits per heavy atom. The summed E-state index contributed by atoms with van der Waals surface area (Å²) in [5.41, 5.74) is 2.05. The lowest BCUT2D eigenvalue weighted by atomic mass is 10.1. The maximum atomic E-state index is 6.25. The van der Waals surface area contributed by atoms with Gasteiger partial charge in [-0.1, -0.05) is 18.5 Å². The number of aryl methyl sites for hydroxylation is 3. The fourth-order valence-corrected chi connectivity index (χ4v) is 3.36. The maximum absolute atomic E-state index is 6.25. The molecule has 0 aliphatic carbocycles. The summed E-state index contributed by atoms with van der Waals surface area (Å²) in [5, 5.41) is 9.43. The molecule has 0 aliphatic rings. The molecular formula is C12H17ClN4S. The fourth-order valence-electron chi connectivity index (χ4n) is 2.08. The molecule has 1 atom stereocenters. The summed E-state index contributed by atoms with van der Waals surface area (Å²) in [6, 6.07) is 0.0567. The Bertz CT molecular complexity index is 527. The van der Waals surface area contributed by atoms with Crippen LogP contribution < -0.4 is 5.32 Å². The van der Waals surface area contributed by atoms with Gasteiger partial charge in [-0.3, -0.25) is 4.68 Å². The van der Waals surface area contributed by atoms with Crippen LogP contribution in [0.4, 0.5) is 0 Å². The second-order valence-corrected chi connectivity index (χ2v) is 5.82. The van der Waals surface area contributed by atoms with Gasteiger partial charge in [0.2, 0.25) is 0 Å². The highest BCUT2D eigenvalue weighted by Crippen LogP contribution is 2.33. The lowest BCUT2D eigenvalue weighted by molar-refractivity contribution is 0.577. The first-order valence-electron chi connectivity index (χ1n) is 5.89. The van der Waals surface area contributed by atoms with Crippen molar-refractivity contribution < 1.29 is 0 Å². The van der Waals surface area contributed by atoms with E-state index in [1.807, 2.05) is 25.6 Å². The highest BCUT2D eigenvalue weighted by molar-refractivity contribution is 7.11. The number of nitrogens with zero attached hydrogens (tertiary/aromatic N) is 3. The minimum absolute atomic E-state index is 0.0567. The van der Waals surface area contributed by atoms with Crippen molar-refractivity contribution in [3.05, 3.63) is 32.5 Å². The van der Waals surface area contributed by atoms with Crippen LogP contribution in [0.2, 0.25) is 5.02 Å². The molecule has 6 heteroatoms. The van der Waals surface area contributed by atoms with Gasteiger partial charge < -0.3 is 5.32 Å². The summed E-state index contributed by atoms with van der Waals surface area (Å²) in [4.78, 5) is 5.70. The SMILES string of the molecule is CCNC(c1sc(C)nc1C)c1c(Cl)cnn1C. The standard InChI is InChI=1S/C12H17ClN4S/c1-5-14-10(11-9(13)6-15-17(11)4)12-7(2)16-8(3)18-12/h6,10,14H,5H2,1-4H3. The van der Waals surface area contributed by atoms with Gasteiger partial charge >= 0.3 is 0 Å². The van der Waals surface area contributed by atoms with E-state index in [-0.39, 0.29) is 6.04 Å². The normalized spacial score (nSPS) is 12.9. The van der Waals surface area contributed by atoms with Gasteiger partial charge in [0.15, 0.2) is 0 Å². The van der Waals surface area contributed by atoms with Gasteiger partial charge in [0.1, 0.15) is 0 Å². The third-order valence-corrected chi connectivity index (χ3v) is 4.25. The lowest BCUT2D eigenvalue weighted by Crippen LogP contribution is -2.24. The molecule has 0 amide bonds. The molecule has 0 aliphatic heterocycles. The van der Waals surface area contributed by atoms with E-state index in [9.17, 15) is 0 Å². The number of thiazole rings is 1. The van der Waals surface area contributed by atoms with Crippen molar-refractivity contribution >= 4 is 22.9 Å². The van der Waals surface area contributed by atoms with Crippen LogP contribution in [-0.2, 0) is 7.05 Å². The highest BCUT2D eigenvalue weighted by Gasteiger charge is 2.24. The molecule has 1 unspecified atom stereocenters. The summed E-state index contributed by atoms with van der Waals surface area (Å²) in [5.74, 6) is 0. The lowest BCUT2D eigenvalue weighted by Gasteiger charge is -2.18. The van der Waals surface area contributed by atoms with Gasteiger partial charge in [-0.2, -0.15) is 5.10 Å². The van der Waals surface area contributed by atoms with Crippen molar-refractivity contribution in [1.29, 1.82) is 0 Å². The van der Waals surface area contributed by atoms with Gasteiger partial charge in [0.05, 0.1) is 38.5 Å². The van der Waals surface area contributed by atoms with Crippen molar-refractivity contribution in [1.82, 2.24) is 20.1 Å². The fraction of sp³-hybridized carbons (Fsp3) is 0.500. The Kier molecular flexibility index (Phi) is 4.04. The van der Waals surface area contributed by atoms with Gasteiger partial charge in [-0.25, -0.2) is 4.98 Å². The first kappa shape index (κ1) is 13.5. The zero-order chi connectivity index (χ0) is 13.3. The Labute approximate surface area is 116 Å². The molecule has 0 fully saturated rings. The second-order valence-electron chi connectivity index (χ2n) is 4.17. The number of nitrogens with one attached hydrogen (secondary N) is 1. The zero-order valence-corrected chi connectivity index (χ0v) is 12.6. The van der Waals surface area contributed by atoms with Crippen molar-refractivity contribution in [2.45, 2.75) is 26.8 Å². The van der Waals surface area contributed by atoms with Gasteiger partial charge in [0.25, 0.3) is 0 Å². The number of halogens is 1. The van der Waals surface area contributed by atoms with E-state index in [1.165, 1.54) is 4.88 Å². The van der Waals surface area contributed by atoms with E-state index in [0.29, 0.717) is 5.02 Å². The van der Waals surface area contributed by atoms with Crippen molar-refractivity contribution in [3.8, 4) is 0 Å². The van der Waals surface area contributed by atoms with Crippen LogP contribution >= 0.6 is 22.9 Å². The van der Waals surface area contributed by atoms with Crippen LogP contribution in [0.25, 0.3) is 0 Å². The van der Waals surface area contributed by atoms with Crippen LogP contribution in [0.5, 0.6) is 0 Å². The molecule has 2 aromatic rings. The maximum Gasteiger partial charge on any atom is 0.0900 e. The topological polar surface area (TPSA) is 42.7 Å². The van der Waals surface area contributed by atoms with E-state index >= 15 is 0 Å². The summed E-state index contributed by atoms with van der Waals surface area (Å²) in [7, 11) is 1.91. The minimum atomic E-state index is 0.0567. The summed E-state index contributed by atoms with van der Waals surface area (Å²) in [6.07, 6.45) is 1.68. The zero-order valence-electron chi connectivity index (χ0n) is 11.0. The molecule has 18 heavy (non-hydrogen) atoms. The monoisotopic (exact) mass is 284 g/mol. The molecule has 0 saturated carbocycles. The molecule has 0 spiro atoms. The quantitative estimate of drug-likeness (QED) is 0.939. The Morgan fingerprint density at radius 2 is 2.22 bits per heavy atom. The average Bonchev–Trinajstić information content (AvgIpc) is 2.80. The molecule has 2 aromatic heterocycles. The number of rotatable bonds is 4. The minimum Gasteiger partial charge on any atom is -0.304 e. The Morgan fingerprint density at radius 1 is 1.50 bits per heavy atom. The molecule has 4 nitrogen and oxygen atoms in total. The van der Waals surface area contributed by atoms with Crippen LogP contribution in [0.15, 0.2) is 6.20 Å². The van der Waals surface area contributed by atoms with Gasteiger partial charge in [-0.15, -0.1) is 11.3 Å². The van der Waals surface area contributed by atoms with E-state index in [2.05, 4.69) is 22.3 Å². The molecule has 2 rings (SSSR count). The van der Waals surface area contributed by atoms with E-state index in [4.69, 9.17) is 11.6 Å². The second kappa shape index (κ2) is 5.38. The Balaban J connectivity index is 2.49. The van der Waals surface area contributed by atoms with Crippen LogP contribution in [0, 0.1) is 13.8 Å². The molecule has 0 radical (unpaired) electrons. The third-order valence-electron chi connectivity index (χ3n) is 2.82. The average molecular weight is 285 g/mol. The molecular weight excluding hydrogens is 268 g/mol. The van der Waals surface area contributed by atoms with Crippen molar-refractivity contribution in [2.75, 3.05) is 6.54 Å². The molecule has 2 heterocycles. The number of hydrogen-bond acceptors (Lipinski definition) is 4. The van der Waals surface area contributed by atoms with Crippen molar-refractivity contribution in [3.63, 3.8) is 0 Å². The predicted octanol–water partition coefficient (Wildman–Crippen LogP) is 2.85. The summed E-state index contributed by atoms with van der Waals surface area (Å²) < 4.78 is 1.82. The van der Waals surface area contributed by atoms with Gasteiger partial charge in [0, 0.05) is 7.05 Å². The first-order valence-corrected chi connectivity index (χ1v) is 7.08. The molecule has 0 saturated heterocycles. The molecule has 98 valence electrons. The van der Waals surface area contributed by atoms with E-state index in [1.54, 1.807) is 17.5 Å². The molecule has 0 aromatic carbocycles. The summed E-state index contributed by atoms with van der Waals surface area (Å²) in [6.45, 7) is 7.01. The van der Waals surface area contributed by atoms with E-state index in [0.717, 1.165) is 22.9 Å². The third kappa shape index (κ3) is 2.43. The predicted molar refractivity (Wildman–Crippen MR) is 75.3 cm³/mol. The largest absolute Gasteiger partial charge is 0.304 e. The summed E-state index contributed by atoms with van der Waals surface area (Å²) >= 11 is 7.95. The van der Waals surface area contributed by atoms with Crippen LogP contribution in [0.1, 0.15) is 34.2 Å². The first-order chi connectivity index (χ1) is 8.54. The van der Waals surface area contributed by atoms with E-state index < -0.39 is 0 Å². The van der Waals surface area contributed by atoms with Crippen LogP contribution in [0.3, 0.4) is 0 Å². The molecule has 1 N–H and O–H groups in total. The van der Waals surface area contributed by atoms with Gasteiger partial charge in [-0.05, 0) is 20.4 Å². The van der Waals surface area contributed by atoms with Crippen LogP contribution in [-0.4, -0.2) is 21.3 Å². The van der Waals surface area contributed by atoms with Crippen molar-refractivity contribution in [2.24, 2.45) is 7.05 Å². The highest BCUT2D eigenvalue weighted by atomic mass is 35.5.